The average Bonchev–Trinajstić information content (AvgIpc) is 2.67. The normalized spacial score (nSPS) is 17.1. The Morgan fingerprint density at radius 1 is 1.03 bits per heavy atom. The van der Waals surface area contributed by atoms with Crippen LogP contribution < -0.4 is 10.6 Å². The van der Waals surface area contributed by atoms with Crippen molar-refractivity contribution in [3.63, 3.8) is 0 Å². The Kier molecular flexibility index (Phi) is 8.18. The highest BCUT2D eigenvalue weighted by atomic mass is 32.2. The van der Waals surface area contributed by atoms with Crippen LogP contribution in [0.2, 0.25) is 0 Å². The molecule has 1 aliphatic rings. The number of benzene rings is 1. The topological polar surface area (TPSA) is 98.8 Å². The molecule has 2 rings (SSSR count). The van der Waals surface area contributed by atoms with Gasteiger partial charge in [0.25, 0.3) is 0 Å². The van der Waals surface area contributed by atoms with Gasteiger partial charge in [0.1, 0.15) is 0 Å². The molecule has 0 radical (unpaired) electrons. The van der Waals surface area contributed by atoms with Gasteiger partial charge in [0.05, 0.1) is 11.4 Å². The molecule has 0 spiro atoms. The zero-order valence-corrected chi connectivity index (χ0v) is 18.5. The second-order valence-corrected chi connectivity index (χ2v) is 9.67. The summed E-state index contributed by atoms with van der Waals surface area (Å²) in [4.78, 5) is 25.7. The van der Waals surface area contributed by atoms with E-state index in [-0.39, 0.29) is 12.6 Å². The van der Waals surface area contributed by atoms with Gasteiger partial charge in [-0.15, -0.1) is 0 Å². The van der Waals surface area contributed by atoms with Gasteiger partial charge in [0.2, 0.25) is 15.9 Å². The monoisotopic (exact) mass is 424 g/mol. The quantitative estimate of drug-likeness (QED) is 0.695. The first-order valence-electron chi connectivity index (χ1n) is 10.1. The minimum Gasteiger partial charge on any atom is -0.336 e. The summed E-state index contributed by atoms with van der Waals surface area (Å²) in [6.45, 7) is 9.37. The van der Waals surface area contributed by atoms with Crippen molar-refractivity contribution < 1.29 is 18.0 Å². The Bertz CT molecular complexity index is 800. The summed E-state index contributed by atoms with van der Waals surface area (Å²) in [6.07, 6.45) is 1.00. The van der Waals surface area contributed by atoms with Crippen LogP contribution in [0.1, 0.15) is 45.6 Å². The molecular weight excluding hydrogens is 392 g/mol. The summed E-state index contributed by atoms with van der Waals surface area (Å²) in [5.41, 5.74) is 1.13. The predicted molar refractivity (Wildman–Crippen MR) is 112 cm³/mol. The van der Waals surface area contributed by atoms with Gasteiger partial charge >= 0.3 is 6.03 Å². The first kappa shape index (κ1) is 23.3. The van der Waals surface area contributed by atoms with Gasteiger partial charge in [-0.25, -0.2) is 13.2 Å². The lowest BCUT2D eigenvalue weighted by molar-refractivity contribution is -0.121. The fourth-order valence-electron chi connectivity index (χ4n) is 3.15. The van der Waals surface area contributed by atoms with Gasteiger partial charge in [0.15, 0.2) is 0 Å². The lowest BCUT2D eigenvalue weighted by Crippen LogP contribution is -2.52. The number of hydrogen-bond acceptors (Lipinski definition) is 5. The smallest absolute Gasteiger partial charge is 0.321 e. The zero-order valence-electron chi connectivity index (χ0n) is 17.6. The Morgan fingerprint density at radius 3 is 2.14 bits per heavy atom. The van der Waals surface area contributed by atoms with Crippen LogP contribution in [-0.4, -0.2) is 68.3 Å². The van der Waals surface area contributed by atoms with Crippen molar-refractivity contribution in [3.05, 3.63) is 29.8 Å². The van der Waals surface area contributed by atoms with Gasteiger partial charge in [-0.2, -0.15) is 4.31 Å². The van der Waals surface area contributed by atoms with Crippen LogP contribution in [0.4, 0.5) is 4.79 Å². The van der Waals surface area contributed by atoms with Crippen LogP contribution in [0.5, 0.6) is 0 Å². The van der Waals surface area contributed by atoms with Gasteiger partial charge in [0, 0.05) is 32.2 Å². The fourth-order valence-corrected chi connectivity index (χ4v) is 4.57. The van der Waals surface area contributed by atoms with Crippen molar-refractivity contribution in [2.24, 2.45) is 0 Å². The summed E-state index contributed by atoms with van der Waals surface area (Å²) in [5, 5.41) is 4.88. The van der Waals surface area contributed by atoms with Crippen LogP contribution in [0.15, 0.2) is 29.2 Å². The second kappa shape index (κ2) is 10.2. The van der Waals surface area contributed by atoms with Crippen molar-refractivity contribution in [1.29, 1.82) is 0 Å². The SMILES string of the molecule is CC[C@@H](C)c1ccc(S(=O)(=O)N2CCN(CC(=O)NC(=O)NC(C)C)CC2)cc1. The Hall–Kier alpha value is -1.97. The molecular formula is C20H32N4O4S. The van der Waals surface area contributed by atoms with E-state index in [9.17, 15) is 18.0 Å². The molecule has 1 aromatic rings. The molecule has 29 heavy (non-hydrogen) atoms. The molecule has 2 N–H and O–H groups in total. The number of carbonyl (C=O) groups is 2. The Balaban J connectivity index is 1.89. The highest BCUT2D eigenvalue weighted by Gasteiger charge is 2.29. The van der Waals surface area contributed by atoms with Crippen LogP contribution in [0.25, 0.3) is 0 Å². The molecule has 1 saturated heterocycles. The van der Waals surface area contributed by atoms with Crippen LogP contribution >= 0.6 is 0 Å². The molecule has 1 fully saturated rings. The second-order valence-electron chi connectivity index (χ2n) is 7.73. The number of nitrogens with one attached hydrogen (secondary N) is 2. The number of urea groups is 1. The molecule has 1 heterocycles. The van der Waals surface area contributed by atoms with E-state index in [4.69, 9.17) is 0 Å². The minimum absolute atomic E-state index is 0.0585. The molecule has 0 bridgehead atoms. The van der Waals surface area contributed by atoms with Gasteiger partial charge in [-0.05, 0) is 43.9 Å². The molecule has 8 nitrogen and oxygen atoms in total. The number of imide groups is 1. The molecule has 1 aliphatic heterocycles. The molecule has 162 valence electrons. The van der Waals surface area contributed by atoms with Crippen molar-refractivity contribution in [3.8, 4) is 0 Å². The summed E-state index contributed by atoms with van der Waals surface area (Å²) in [7, 11) is -3.55. The molecule has 3 amide bonds. The van der Waals surface area contributed by atoms with Crippen molar-refractivity contribution >= 4 is 22.0 Å². The number of sulfonamides is 1. The molecule has 0 aromatic heterocycles. The zero-order chi connectivity index (χ0) is 21.6. The maximum atomic E-state index is 12.9. The lowest BCUT2D eigenvalue weighted by Gasteiger charge is -2.33. The van der Waals surface area contributed by atoms with Gasteiger partial charge in [-0.3, -0.25) is 15.0 Å². The lowest BCUT2D eigenvalue weighted by atomic mass is 9.99. The molecule has 0 saturated carbocycles. The van der Waals surface area contributed by atoms with Crippen LogP contribution in [0, 0.1) is 0 Å². The summed E-state index contributed by atoms with van der Waals surface area (Å²) in [5.74, 6) is -0.0100. The average molecular weight is 425 g/mol. The number of rotatable bonds is 7. The van der Waals surface area contributed by atoms with Crippen molar-refractivity contribution in [2.45, 2.75) is 51.0 Å². The number of amides is 3. The summed E-state index contributed by atoms with van der Waals surface area (Å²) in [6, 6.07) is 6.52. The third kappa shape index (κ3) is 6.52. The summed E-state index contributed by atoms with van der Waals surface area (Å²) >= 11 is 0. The van der Waals surface area contributed by atoms with E-state index >= 15 is 0 Å². The maximum Gasteiger partial charge on any atom is 0.321 e. The highest BCUT2D eigenvalue weighted by Crippen LogP contribution is 2.23. The van der Waals surface area contributed by atoms with E-state index in [1.807, 2.05) is 30.9 Å². The highest BCUT2D eigenvalue weighted by molar-refractivity contribution is 7.89. The fraction of sp³-hybridized carbons (Fsp3) is 0.600. The predicted octanol–water partition coefficient (Wildman–Crippen LogP) is 1.74. The minimum atomic E-state index is -3.55. The molecule has 0 unspecified atom stereocenters. The standard InChI is InChI=1S/C20H32N4O4S/c1-5-16(4)17-6-8-18(9-7-17)29(27,28)24-12-10-23(11-13-24)14-19(25)22-20(26)21-15(2)3/h6-9,15-16H,5,10-14H2,1-4H3,(H2,21,22,25,26)/t16-/m1/s1. The largest absolute Gasteiger partial charge is 0.336 e. The Labute approximate surface area is 173 Å². The van der Waals surface area contributed by atoms with Gasteiger partial charge < -0.3 is 5.32 Å². The number of piperazine rings is 1. The van der Waals surface area contributed by atoms with E-state index in [0.29, 0.717) is 37.0 Å². The van der Waals surface area contributed by atoms with Gasteiger partial charge in [-0.1, -0.05) is 26.0 Å². The van der Waals surface area contributed by atoms with E-state index < -0.39 is 22.0 Å². The molecule has 1 aromatic carbocycles. The Morgan fingerprint density at radius 2 is 1.62 bits per heavy atom. The number of nitrogens with zero attached hydrogens (tertiary/aromatic N) is 2. The number of hydrogen-bond donors (Lipinski definition) is 2. The third-order valence-corrected chi connectivity index (χ3v) is 6.98. The number of carbonyl (C=O) groups excluding carboxylic acids is 2. The van der Waals surface area contributed by atoms with Crippen LogP contribution in [0.3, 0.4) is 0 Å². The third-order valence-electron chi connectivity index (χ3n) is 5.07. The van der Waals surface area contributed by atoms with Crippen molar-refractivity contribution in [2.75, 3.05) is 32.7 Å². The van der Waals surface area contributed by atoms with Crippen molar-refractivity contribution in [1.82, 2.24) is 19.8 Å². The van der Waals surface area contributed by atoms with E-state index in [1.54, 1.807) is 12.1 Å². The first-order chi connectivity index (χ1) is 13.6. The molecule has 0 aliphatic carbocycles. The maximum absolute atomic E-state index is 12.9. The summed E-state index contributed by atoms with van der Waals surface area (Å²) < 4.78 is 27.2. The molecule has 9 heteroatoms. The van der Waals surface area contributed by atoms with E-state index in [0.717, 1.165) is 12.0 Å². The van der Waals surface area contributed by atoms with E-state index in [1.165, 1.54) is 4.31 Å². The van der Waals surface area contributed by atoms with Crippen LogP contribution in [-0.2, 0) is 14.8 Å². The van der Waals surface area contributed by atoms with E-state index in [2.05, 4.69) is 24.5 Å². The first-order valence-corrected chi connectivity index (χ1v) is 11.5. The molecule has 1 atom stereocenters.